The third-order valence-electron chi connectivity index (χ3n) is 6.76. The minimum Gasteiger partial charge on any atom is -0.444 e. The molecule has 1 unspecified atom stereocenters. The lowest BCUT2D eigenvalue weighted by molar-refractivity contribution is -0.145. The highest BCUT2D eigenvalue weighted by Gasteiger charge is 2.39. The van der Waals surface area contributed by atoms with Gasteiger partial charge < -0.3 is 15.0 Å². The summed E-state index contributed by atoms with van der Waals surface area (Å²) in [4.78, 5) is 35.1. The van der Waals surface area contributed by atoms with Gasteiger partial charge in [0.05, 0.1) is 11.7 Å². The Morgan fingerprint density at radius 1 is 1.05 bits per heavy atom. The number of aromatic nitrogens is 2. The first kappa shape index (κ1) is 31.8. The van der Waals surface area contributed by atoms with Gasteiger partial charge >= 0.3 is 12.3 Å². The van der Waals surface area contributed by atoms with Crippen LogP contribution in [-0.2, 0) is 35.0 Å². The summed E-state index contributed by atoms with van der Waals surface area (Å²) in [6.07, 6.45) is -5.17. The van der Waals surface area contributed by atoms with E-state index < -0.39 is 72.0 Å². The molecule has 0 saturated carbocycles. The Labute approximate surface area is 244 Å². The summed E-state index contributed by atoms with van der Waals surface area (Å²) in [6, 6.07) is 7.77. The average molecular weight is 609 g/mol. The summed E-state index contributed by atoms with van der Waals surface area (Å²) in [5, 5.41) is 2.50. The molecule has 13 heteroatoms. The Bertz CT molecular complexity index is 1480. The van der Waals surface area contributed by atoms with E-state index in [1.54, 1.807) is 51.1 Å². The Balaban J connectivity index is 1.66. The number of fused-ring (bicyclic) bond motifs is 1. The smallest absolute Gasteiger partial charge is 0.444 e. The van der Waals surface area contributed by atoms with Gasteiger partial charge in [-0.1, -0.05) is 30.3 Å². The molecule has 4 rings (SSSR count). The molecule has 0 bridgehead atoms. The van der Waals surface area contributed by atoms with E-state index in [4.69, 9.17) is 4.74 Å². The van der Waals surface area contributed by atoms with Crippen molar-refractivity contribution in [2.45, 2.75) is 70.3 Å². The lowest BCUT2D eigenvalue weighted by Crippen LogP contribution is -2.47. The van der Waals surface area contributed by atoms with Crippen LogP contribution in [-0.4, -0.2) is 45.1 Å². The maximum atomic E-state index is 14.5. The van der Waals surface area contributed by atoms with Crippen LogP contribution in [0.15, 0.2) is 48.7 Å². The maximum Gasteiger partial charge on any atom is 0.451 e. The quantitative estimate of drug-likeness (QED) is 0.259. The number of hydrogen-bond acceptors (Lipinski definition) is 5. The zero-order valence-electron chi connectivity index (χ0n) is 23.6. The summed E-state index contributed by atoms with van der Waals surface area (Å²) in [5.74, 6) is -5.70. The monoisotopic (exact) mass is 608 g/mol. The van der Waals surface area contributed by atoms with Crippen LogP contribution in [0.25, 0.3) is 0 Å². The van der Waals surface area contributed by atoms with Crippen LogP contribution in [0.4, 0.5) is 31.1 Å². The van der Waals surface area contributed by atoms with E-state index in [1.807, 2.05) is 0 Å². The van der Waals surface area contributed by atoms with Gasteiger partial charge in [0.25, 0.3) is 0 Å². The van der Waals surface area contributed by atoms with E-state index >= 15 is 0 Å². The molecule has 0 radical (unpaired) electrons. The van der Waals surface area contributed by atoms with Gasteiger partial charge in [0, 0.05) is 31.3 Å². The molecule has 0 aliphatic carbocycles. The molecule has 1 N–H and O–H groups in total. The van der Waals surface area contributed by atoms with E-state index in [0.717, 1.165) is 11.8 Å². The fourth-order valence-electron chi connectivity index (χ4n) is 4.89. The number of rotatable bonds is 7. The molecule has 1 aromatic heterocycles. The molecule has 2 amide bonds. The van der Waals surface area contributed by atoms with Crippen molar-refractivity contribution in [3.63, 3.8) is 0 Å². The Morgan fingerprint density at radius 2 is 1.72 bits per heavy atom. The van der Waals surface area contributed by atoms with Crippen molar-refractivity contribution >= 4 is 12.0 Å². The number of carbonyl (C=O) groups excluding carboxylic acids is 2. The van der Waals surface area contributed by atoms with Gasteiger partial charge in [-0.05, 0) is 62.8 Å². The van der Waals surface area contributed by atoms with E-state index in [1.165, 1.54) is 4.90 Å². The van der Waals surface area contributed by atoms with Gasteiger partial charge in [0.2, 0.25) is 11.7 Å². The van der Waals surface area contributed by atoms with Crippen molar-refractivity contribution in [1.29, 1.82) is 0 Å². The molecule has 0 saturated heterocycles. The molecule has 1 aliphatic heterocycles. The van der Waals surface area contributed by atoms with Gasteiger partial charge in [-0.2, -0.15) is 13.2 Å². The summed E-state index contributed by atoms with van der Waals surface area (Å²) >= 11 is 0. The highest BCUT2D eigenvalue weighted by atomic mass is 19.4. The number of alkyl carbamates (subject to hydrolysis) is 1. The first-order valence-electron chi connectivity index (χ1n) is 13.5. The zero-order chi connectivity index (χ0) is 31.5. The third-order valence-corrected chi connectivity index (χ3v) is 6.76. The standard InChI is InChI=1S/C30H30F6N4O3/c1-29(2,3)43-28(42)38-20(12-19-13-22(32)23(33)15-21(19)31)14-25(41)40-10-9-18-16-37-27(30(34,35)36)39-26(18)24(40)11-17-7-5-4-6-8-17/h4-8,13,15-16,20,24H,9-12,14H2,1-3H3,(H,38,42)/t20-,24?/m1/s1. The van der Waals surface area contributed by atoms with Crippen molar-refractivity contribution in [3.8, 4) is 0 Å². The first-order valence-corrected chi connectivity index (χ1v) is 13.5. The molecular weight excluding hydrogens is 578 g/mol. The number of amides is 2. The fourth-order valence-corrected chi connectivity index (χ4v) is 4.89. The normalized spacial score (nSPS) is 15.9. The van der Waals surface area contributed by atoms with E-state index in [2.05, 4.69) is 15.3 Å². The second-order valence-electron chi connectivity index (χ2n) is 11.3. The molecule has 0 fully saturated rings. The van der Waals surface area contributed by atoms with Crippen LogP contribution in [0.1, 0.15) is 61.4 Å². The Kier molecular flexibility index (Phi) is 9.31. The lowest BCUT2D eigenvalue weighted by Gasteiger charge is -2.37. The maximum absolute atomic E-state index is 14.5. The van der Waals surface area contributed by atoms with E-state index in [-0.39, 0.29) is 30.6 Å². The highest BCUT2D eigenvalue weighted by molar-refractivity contribution is 5.79. The van der Waals surface area contributed by atoms with Crippen molar-refractivity contribution in [2.75, 3.05) is 6.54 Å². The number of halogens is 6. The minimum atomic E-state index is -4.81. The van der Waals surface area contributed by atoms with Crippen LogP contribution < -0.4 is 5.32 Å². The summed E-state index contributed by atoms with van der Waals surface area (Å²) in [7, 11) is 0. The molecule has 7 nitrogen and oxygen atoms in total. The summed E-state index contributed by atoms with van der Waals surface area (Å²) in [6.45, 7) is 4.94. The van der Waals surface area contributed by atoms with E-state index in [9.17, 15) is 35.9 Å². The van der Waals surface area contributed by atoms with Gasteiger partial charge in [-0.15, -0.1) is 0 Å². The minimum absolute atomic E-state index is 0.0501. The van der Waals surface area contributed by atoms with Crippen molar-refractivity contribution in [1.82, 2.24) is 20.2 Å². The van der Waals surface area contributed by atoms with Gasteiger partial charge in [-0.3, -0.25) is 4.79 Å². The molecule has 2 aromatic carbocycles. The topological polar surface area (TPSA) is 84.4 Å². The summed E-state index contributed by atoms with van der Waals surface area (Å²) in [5.41, 5.74) is 0.0381. The number of benzene rings is 2. The molecule has 1 aliphatic rings. The zero-order valence-corrected chi connectivity index (χ0v) is 23.6. The fraction of sp³-hybridized carbons (Fsp3) is 0.400. The summed E-state index contributed by atoms with van der Waals surface area (Å²) < 4.78 is 87.9. The number of alkyl halides is 3. The number of nitrogens with zero attached hydrogens (tertiary/aromatic N) is 3. The van der Waals surface area contributed by atoms with Crippen LogP contribution in [0.3, 0.4) is 0 Å². The second kappa shape index (κ2) is 12.6. The SMILES string of the molecule is CC(C)(C)OC(=O)N[C@@H](CC(=O)N1CCc2cnc(C(F)(F)F)nc2C1Cc1ccccc1)Cc1cc(F)c(F)cc1F. The second-order valence-corrected chi connectivity index (χ2v) is 11.3. The van der Waals surface area contributed by atoms with Crippen LogP contribution >= 0.6 is 0 Å². The molecular formula is C30H30F6N4O3. The van der Waals surface area contributed by atoms with Crippen LogP contribution in [0.2, 0.25) is 0 Å². The average Bonchev–Trinajstić information content (AvgIpc) is 2.90. The predicted octanol–water partition coefficient (Wildman–Crippen LogP) is 6.11. The highest BCUT2D eigenvalue weighted by Crippen LogP contribution is 2.35. The Hall–Kier alpha value is -4.16. The molecule has 230 valence electrons. The number of carbonyl (C=O) groups is 2. The van der Waals surface area contributed by atoms with Gasteiger partial charge in [-0.25, -0.2) is 27.9 Å². The van der Waals surface area contributed by atoms with Crippen LogP contribution in [0, 0.1) is 17.5 Å². The molecule has 2 heterocycles. The third kappa shape index (κ3) is 8.23. The number of ether oxygens (including phenoxy) is 1. The number of nitrogens with one attached hydrogen (secondary N) is 1. The lowest BCUT2D eigenvalue weighted by atomic mass is 9.92. The van der Waals surface area contributed by atoms with Gasteiger partial charge in [0.15, 0.2) is 11.6 Å². The molecule has 43 heavy (non-hydrogen) atoms. The first-order chi connectivity index (χ1) is 20.1. The number of hydrogen-bond donors (Lipinski definition) is 1. The van der Waals surface area contributed by atoms with Crippen molar-refractivity contribution in [3.05, 3.63) is 94.3 Å². The predicted molar refractivity (Wildman–Crippen MR) is 143 cm³/mol. The van der Waals surface area contributed by atoms with Crippen LogP contribution in [0.5, 0.6) is 0 Å². The molecule has 3 aromatic rings. The van der Waals surface area contributed by atoms with E-state index in [0.29, 0.717) is 17.7 Å². The van der Waals surface area contributed by atoms with Crippen molar-refractivity contribution in [2.24, 2.45) is 0 Å². The van der Waals surface area contributed by atoms with Crippen molar-refractivity contribution < 1.29 is 40.7 Å². The molecule has 2 atom stereocenters. The molecule has 0 spiro atoms. The van der Waals surface area contributed by atoms with Gasteiger partial charge in [0.1, 0.15) is 11.4 Å². The Morgan fingerprint density at radius 3 is 2.37 bits per heavy atom. The largest absolute Gasteiger partial charge is 0.451 e.